The Morgan fingerprint density at radius 1 is 1.38 bits per heavy atom. The second kappa shape index (κ2) is 5.03. The predicted octanol–water partition coefficient (Wildman–Crippen LogP) is 3.25. The van der Waals surface area contributed by atoms with Crippen molar-refractivity contribution < 1.29 is 0 Å². The van der Waals surface area contributed by atoms with Crippen LogP contribution in [0.1, 0.15) is 30.0 Å². The van der Waals surface area contributed by atoms with Gasteiger partial charge in [0, 0.05) is 10.9 Å². The van der Waals surface area contributed by atoms with Crippen molar-refractivity contribution in [2.45, 2.75) is 26.3 Å². The minimum Gasteiger partial charge on any atom is -0.311 e. The molecule has 0 bridgehead atoms. The van der Waals surface area contributed by atoms with Crippen LogP contribution in [0, 0.1) is 6.92 Å². The number of nitrogens with one attached hydrogen (secondary N) is 1. The summed E-state index contributed by atoms with van der Waals surface area (Å²) in [5.41, 5.74) is 2.50. The average molecular weight is 253 g/mol. The van der Waals surface area contributed by atoms with Crippen molar-refractivity contribution in [1.29, 1.82) is 0 Å². The summed E-state index contributed by atoms with van der Waals surface area (Å²) < 4.78 is 0. The lowest BCUT2D eigenvalue weighted by molar-refractivity contribution is 0.568. The molecule has 86 valence electrons. The lowest BCUT2D eigenvalue weighted by Gasteiger charge is -2.07. The highest BCUT2D eigenvalue weighted by Crippen LogP contribution is 2.31. The van der Waals surface area contributed by atoms with E-state index in [0.717, 1.165) is 16.4 Å². The van der Waals surface area contributed by atoms with Gasteiger partial charge >= 0.3 is 0 Å². The van der Waals surface area contributed by atoms with Crippen molar-refractivity contribution in [1.82, 2.24) is 15.5 Å². The monoisotopic (exact) mass is 253 g/mol. The maximum Gasteiger partial charge on any atom is 0.148 e. The fraction of sp³-hybridized carbons (Fsp3) is 0.455. The molecule has 0 radical (unpaired) electrons. The van der Waals surface area contributed by atoms with Crippen molar-refractivity contribution in [3.8, 4) is 10.6 Å². The van der Waals surface area contributed by atoms with Crippen LogP contribution in [0.25, 0.3) is 10.6 Å². The van der Waals surface area contributed by atoms with Gasteiger partial charge in [-0.25, -0.2) is 0 Å². The van der Waals surface area contributed by atoms with Gasteiger partial charge in [-0.05, 0) is 31.3 Å². The van der Waals surface area contributed by atoms with E-state index in [4.69, 9.17) is 0 Å². The molecule has 0 aliphatic heterocycles. The Labute approximate surface area is 104 Å². The molecule has 3 nitrogen and oxygen atoms in total. The molecular weight excluding hydrogens is 238 g/mol. The van der Waals surface area contributed by atoms with Gasteiger partial charge in [0.25, 0.3) is 0 Å². The second-order valence-electron chi connectivity index (χ2n) is 3.66. The summed E-state index contributed by atoms with van der Waals surface area (Å²) in [7, 11) is 1.96. The van der Waals surface area contributed by atoms with Crippen molar-refractivity contribution in [2.24, 2.45) is 0 Å². The molecule has 0 saturated carbocycles. The van der Waals surface area contributed by atoms with Crippen molar-refractivity contribution >= 4 is 22.7 Å². The van der Waals surface area contributed by atoms with Crippen molar-refractivity contribution in [3.63, 3.8) is 0 Å². The minimum absolute atomic E-state index is 0.324. The first kappa shape index (κ1) is 11.7. The van der Waals surface area contributed by atoms with E-state index in [9.17, 15) is 0 Å². The molecule has 2 heterocycles. The topological polar surface area (TPSA) is 37.8 Å². The predicted molar refractivity (Wildman–Crippen MR) is 70.1 cm³/mol. The maximum atomic E-state index is 4.27. The lowest BCUT2D eigenvalue weighted by Crippen LogP contribution is -2.14. The van der Waals surface area contributed by atoms with Crippen LogP contribution in [0.2, 0.25) is 0 Å². The van der Waals surface area contributed by atoms with Crippen molar-refractivity contribution in [2.75, 3.05) is 7.05 Å². The molecule has 2 rings (SSSR count). The van der Waals surface area contributed by atoms with Gasteiger partial charge in [-0.15, -0.1) is 10.2 Å². The molecule has 2 aromatic heterocycles. The fourth-order valence-corrected chi connectivity index (χ4v) is 3.59. The summed E-state index contributed by atoms with van der Waals surface area (Å²) in [5.74, 6) is 0. The number of aryl methyl sites for hydroxylation is 1. The molecule has 1 unspecified atom stereocenters. The second-order valence-corrected chi connectivity index (χ2v) is 5.42. The largest absolute Gasteiger partial charge is 0.311 e. The van der Waals surface area contributed by atoms with Crippen LogP contribution in [0.4, 0.5) is 0 Å². The summed E-state index contributed by atoms with van der Waals surface area (Å²) in [5, 5.41) is 18.2. The summed E-state index contributed by atoms with van der Waals surface area (Å²) in [6.45, 7) is 4.26. The van der Waals surface area contributed by atoms with Crippen LogP contribution in [0.5, 0.6) is 0 Å². The van der Waals surface area contributed by atoms with Gasteiger partial charge in [0.1, 0.15) is 10.0 Å². The molecule has 0 aromatic carbocycles. The minimum atomic E-state index is 0.324. The third-order valence-electron chi connectivity index (χ3n) is 2.58. The Hall–Kier alpha value is -0.780. The van der Waals surface area contributed by atoms with Gasteiger partial charge < -0.3 is 5.32 Å². The summed E-state index contributed by atoms with van der Waals surface area (Å²) >= 11 is 3.40. The standard InChI is InChI=1S/C11H15N3S2/c1-4-9(12-3)11-14-13-10(16-11)8-6-15-5-7(8)2/h5-6,9,12H,4H2,1-3H3. The van der Waals surface area contributed by atoms with E-state index in [1.807, 2.05) is 7.05 Å². The zero-order valence-electron chi connectivity index (χ0n) is 9.65. The Kier molecular flexibility index (Phi) is 3.68. The summed E-state index contributed by atoms with van der Waals surface area (Å²) in [4.78, 5) is 0. The average Bonchev–Trinajstić information content (AvgIpc) is 2.89. The maximum absolute atomic E-state index is 4.27. The fourth-order valence-electron chi connectivity index (χ4n) is 1.57. The van der Waals surface area contributed by atoms with E-state index in [1.165, 1.54) is 11.1 Å². The molecule has 1 N–H and O–H groups in total. The van der Waals surface area contributed by atoms with Crippen LogP contribution in [-0.4, -0.2) is 17.2 Å². The summed E-state index contributed by atoms with van der Waals surface area (Å²) in [6.07, 6.45) is 1.04. The molecule has 0 aliphatic carbocycles. The lowest BCUT2D eigenvalue weighted by atomic mass is 10.2. The number of aromatic nitrogens is 2. The first-order valence-electron chi connectivity index (χ1n) is 5.30. The Morgan fingerprint density at radius 3 is 2.75 bits per heavy atom. The number of hydrogen-bond acceptors (Lipinski definition) is 5. The number of hydrogen-bond donors (Lipinski definition) is 1. The summed E-state index contributed by atoms with van der Waals surface area (Å²) in [6, 6.07) is 0.324. The van der Waals surface area contributed by atoms with E-state index in [1.54, 1.807) is 22.7 Å². The first-order chi connectivity index (χ1) is 7.76. The Morgan fingerprint density at radius 2 is 2.19 bits per heavy atom. The van der Waals surface area contributed by atoms with Gasteiger partial charge in [-0.3, -0.25) is 0 Å². The highest BCUT2D eigenvalue weighted by molar-refractivity contribution is 7.15. The van der Waals surface area contributed by atoms with E-state index in [2.05, 4.69) is 40.1 Å². The third-order valence-corrected chi connectivity index (χ3v) is 4.51. The number of thiophene rings is 1. The van der Waals surface area contributed by atoms with Gasteiger partial charge in [0.2, 0.25) is 0 Å². The van der Waals surface area contributed by atoms with Gasteiger partial charge in [-0.2, -0.15) is 11.3 Å². The third kappa shape index (κ3) is 2.16. The quantitative estimate of drug-likeness (QED) is 0.909. The van der Waals surface area contributed by atoms with Gasteiger partial charge in [0.05, 0.1) is 6.04 Å². The molecule has 5 heteroatoms. The zero-order chi connectivity index (χ0) is 11.5. The highest BCUT2D eigenvalue weighted by Gasteiger charge is 2.15. The Balaban J connectivity index is 2.29. The van der Waals surface area contributed by atoms with E-state index >= 15 is 0 Å². The Bertz CT molecular complexity index is 457. The number of rotatable bonds is 4. The zero-order valence-corrected chi connectivity index (χ0v) is 11.3. The van der Waals surface area contributed by atoms with Gasteiger partial charge in [-0.1, -0.05) is 18.3 Å². The van der Waals surface area contributed by atoms with Crippen LogP contribution in [0.15, 0.2) is 10.8 Å². The smallest absolute Gasteiger partial charge is 0.148 e. The molecule has 0 saturated heterocycles. The van der Waals surface area contributed by atoms with Crippen LogP contribution >= 0.6 is 22.7 Å². The molecule has 2 aromatic rings. The van der Waals surface area contributed by atoms with E-state index in [-0.39, 0.29) is 0 Å². The van der Waals surface area contributed by atoms with Gasteiger partial charge in [0.15, 0.2) is 0 Å². The molecule has 16 heavy (non-hydrogen) atoms. The highest BCUT2D eigenvalue weighted by atomic mass is 32.1. The van der Waals surface area contributed by atoms with Crippen LogP contribution < -0.4 is 5.32 Å². The molecule has 0 spiro atoms. The SMILES string of the molecule is CCC(NC)c1nnc(-c2cscc2C)s1. The number of nitrogens with zero attached hydrogens (tertiary/aromatic N) is 2. The molecule has 0 fully saturated rings. The molecule has 1 atom stereocenters. The van der Waals surface area contributed by atoms with Crippen LogP contribution in [-0.2, 0) is 0 Å². The van der Waals surface area contributed by atoms with Crippen molar-refractivity contribution in [3.05, 3.63) is 21.3 Å². The normalized spacial score (nSPS) is 12.9. The van der Waals surface area contributed by atoms with Crippen LogP contribution in [0.3, 0.4) is 0 Å². The molecule has 0 amide bonds. The van der Waals surface area contributed by atoms with E-state index < -0.39 is 0 Å². The van der Waals surface area contributed by atoms with E-state index in [0.29, 0.717) is 6.04 Å². The molecular formula is C11H15N3S2. The first-order valence-corrected chi connectivity index (χ1v) is 7.06. The molecule has 0 aliphatic rings.